The fraction of sp³-hybridized carbons (Fsp3) is 0.333. The van der Waals surface area contributed by atoms with Gasteiger partial charge in [-0.05, 0) is 32.0 Å². The zero-order valence-corrected chi connectivity index (χ0v) is 14.5. The van der Waals surface area contributed by atoms with Gasteiger partial charge >= 0.3 is 5.97 Å². The molecule has 0 spiro atoms. The third-order valence-corrected chi connectivity index (χ3v) is 3.85. The first-order valence-electron chi connectivity index (χ1n) is 7.82. The summed E-state index contributed by atoms with van der Waals surface area (Å²) in [7, 11) is 1.38. The Hall–Kier alpha value is -2.96. The van der Waals surface area contributed by atoms with Gasteiger partial charge in [0.15, 0.2) is 6.61 Å². The lowest BCUT2D eigenvalue weighted by atomic mass is 10.1. The lowest BCUT2D eigenvalue weighted by Crippen LogP contribution is -2.35. The summed E-state index contributed by atoms with van der Waals surface area (Å²) in [6.07, 6.45) is 0. The molecule has 7 heteroatoms. The predicted octanol–water partition coefficient (Wildman–Crippen LogP) is 1.49. The zero-order valence-electron chi connectivity index (χ0n) is 14.5. The van der Waals surface area contributed by atoms with E-state index in [4.69, 9.17) is 4.74 Å². The SMILES string of the molecule is C=C(C)CN(CC)C(=O)COC(=O)c1ccc2c(c1)C(=O)N(C)C2=O. The van der Waals surface area contributed by atoms with Crippen LogP contribution in [-0.2, 0) is 9.53 Å². The Bertz CT molecular complexity index is 769. The van der Waals surface area contributed by atoms with Crippen LogP contribution in [0.2, 0.25) is 0 Å². The highest BCUT2D eigenvalue weighted by Gasteiger charge is 2.33. The second kappa shape index (κ2) is 7.29. The highest BCUT2D eigenvalue weighted by atomic mass is 16.5. The van der Waals surface area contributed by atoms with E-state index in [1.165, 1.54) is 30.1 Å². The molecule has 25 heavy (non-hydrogen) atoms. The van der Waals surface area contributed by atoms with Crippen molar-refractivity contribution in [3.8, 4) is 0 Å². The number of nitrogens with zero attached hydrogens (tertiary/aromatic N) is 2. The molecular formula is C18H20N2O5. The molecular weight excluding hydrogens is 324 g/mol. The summed E-state index contributed by atoms with van der Waals surface area (Å²) < 4.78 is 5.03. The Morgan fingerprint density at radius 2 is 1.84 bits per heavy atom. The smallest absolute Gasteiger partial charge is 0.338 e. The van der Waals surface area contributed by atoms with Gasteiger partial charge in [-0.15, -0.1) is 0 Å². The number of fused-ring (bicyclic) bond motifs is 1. The van der Waals surface area contributed by atoms with Gasteiger partial charge in [-0.2, -0.15) is 0 Å². The number of hydrogen-bond donors (Lipinski definition) is 0. The van der Waals surface area contributed by atoms with E-state index < -0.39 is 24.4 Å². The molecule has 0 unspecified atom stereocenters. The summed E-state index contributed by atoms with van der Waals surface area (Å²) in [4.78, 5) is 50.5. The van der Waals surface area contributed by atoms with E-state index in [1.54, 1.807) is 0 Å². The van der Waals surface area contributed by atoms with E-state index in [2.05, 4.69) is 6.58 Å². The highest BCUT2D eigenvalue weighted by Crippen LogP contribution is 2.23. The van der Waals surface area contributed by atoms with Gasteiger partial charge in [0.05, 0.1) is 16.7 Å². The molecule has 3 amide bonds. The lowest BCUT2D eigenvalue weighted by Gasteiger charge is -2.20. The minimum Gasteiger partial charge on any atom is -0.452 e. The van der Waals surface area contributed by atoms with Crippen LogP contribution in [0.3, 0.4) is 0 Å². The van der Waals surface area contributed by atoms with Crippen molar-refractivity contribution in [3.05, 3.63) is 47.0 Å². The molecule has 0 aromatic heterocycles. The fourth-order valence-corrected chi connectivity index (χ4v) is 2.49. The largest absolute Gasteiger partial charge is 0.452 e. The molecule has 132 valence electrons. The van der Waals surface area contributed by atoms with Crippen LogP contribution in [0.15, 0.2) is 30.4 Å². The Labute approximate surface area is 145 Å². The molecule has 0 aliphatic carbocycles. The Kier molecular flexibility index (Phi) is 5.36. The van der Waals surface area contributed by atoms with Crippen molar-refractivity contribution in [2.24, 2.45) is 0 Å². The van der Waals surface area contributed by atoms with Crippen molar-refractivity contribution in [2.45, 2.75) is 13.8 Å². The van der Waals surface area contributed by atoms with Gasteiger partial charge in [0.25, 0.3) is 17.7 Å². The van der Waals surface area contributed by atoms with Crippen LogP contribution in [0, 0.1) is 0 Å². The van der Waals surface area contributed by atoms with Crippen LogP contribution in [0.4, 0.5) is 0 Å². The molecule has 1 aromatic rings. The van der Waals surface area contributed by atoms with Crippen LogP contribution in [0.25, 0.3) is 0 Å². The average molecular weight is 344 g/mol. The molecule has 1 aliphatic heterocycles. The number of ether oxygens (including phenoxy) is 1. The van der Waals surface area contributed by atoms with Gasteiger partial charge in [0, 0.05) is 20.1 Å². The number of rotatable bonds is 6. The molecule has 0 saturated heterocycles. The molecule has 7 nitrogen and oxygen atoms in total. The first kappa shape index (κ1) is 18.4. The minimum atomic E-state index is -0.725. The molecule has 0 saturated carbocycles. The second-order valence-corrected chi connectivity index (χ2v) is 5.87. The minimum absolute atomic E-state index is 0.117. The maximum Gasteiger partial charge on any atom is 0.338 e. The molecule has 1 heterocycles. The molecule has 0 atom stereocenters. The van der Waals surface area contributed by atoms with E-state index in [-0.39, 0.29) is 22.6 Å². The van der Waals surface area contributed by atoms with Gasteiger partial charge in [-0.1, -0.05) is 12.2 Å². The fourth-order valence-electron chi connectivity index (χ4n) is 2.49. The maximum absolute atomic E-state index is 12.1. The van der Waals surface area contributed by atoms with E-state index in [9.17, 15) is 19.2 Å². The van der Waals surface area contributed by atoms with E-state index >= 15 is 0 Å². The maximum atomic E-state index is 12.1. The second-order valence-electron chi connectivity index (χ2n) is 5.87. The van der Waals surface area contributed by atoms with E-state index in [0.29, 0.717) is 13.1 Å². The van der Waals surface area contributed by atoms with Gasteiger partial charge in [0.1, 0.15) is 0 Å². The number of carbonyl (C=O) groups excluding carboxylic acids is 4. The molecule has 1 aromatic carbocycles. The Balaban J connectivity index is 2.05. The molecule has 0 bridgehead atoms. The number of hydrogen-bond acceptors (Lipinski definition) is 5. The monoisotopic (exact) mass is 344 g/mol. The standard InChI is InChI=1S/C18H20N2O5/c1-5-20(9-11(2)3)15(21)10-25-18(24)12-6-7-13-14(8-12)17(23)19(4)16(13)22/h6-8H,2,5,9-10H2,1,3-4H3. The van der Waals surface area contributed by atoms with E-state index in [1.807, 2.05) is 13.8 Å². The number of likely N-dealkylation sites (N-methyl/N-ethyl adjacent to an activating group) is 1. The number of benzene rings is 1. The average Bonchev–Trinajstić information content (AvgIpc) is 2.81. The number of esters is 1. The van der Waals surface area contributed by atoms with Crippen molar-refractivity contribution in [1.82, 2.24) is 9.80 Å². The summed E-state index contributed by atoms with van der Waals surface area (Å²) >= 11 is 0. The normalized spacial score (nSPS) is 12.8. The molecule has 0 fully saturated rings. The van der Waals surface area contributed by atoms with Crippen LogP contribution < -0.4 is 0 Å². The van der Waals surface area contributed by atoms with Gasteiger partial charge in [0.2, 0.25) is 0 Å². The van der Waals surface area contributed by atoms with Crippen LogP contribution in [-0.4, -0.2) is 60.2 Å². The lowest BCUT2D eigenvalue weighted by molar-refractivity contribution is -0.133. The summed E-state index contributed by atoms with van der Waals surface area (Å²) in [6, 6.07) is 4.13. The number of carbonyl (C=O) groups is 4. The molecule has 0 N–H and O–H groups in total. The number of amides is 3. The quantitative estimate of drug-likeness (QED) is 0.443. The third kappa shape index (κ3) is 3.76. The third-order valence-electron chi connectivity index (χ3n) is 3.85. The zero-order chi connectivity index (χ0) is 18.7. The predicted molar refractivity (Wildman–Crippen MR) is 90.2 cm³/mol. The summed E-state index contributed by atoms with van der Waals surface area (Å²) in [6.45, 7) is 7.86. The highest BCUT2D eigenvalue weighted by molar-refractivity contribution is 6.21. The van der Waals surface area contributed by atoms with Gasteiger partial charge in [-0.25, -0.2) is 4.79 Å². The molecule has 0 radical (unpaired) electrons. The van der Waals surface area contributed by atoms with Crippen LogP contribution in [0.1, 0.15) is 44.9 Å². The summed E-state index contributed by atoms with van der Waals surface area (Å²) in [5.41, 5.74) is 1.35. The van der Waals surface area contributed by atoms with Crippen molar-refractivity contribution < 1.29 is 23.9 Å². The summed E-state index contributed by atoms with van der Waals surface area (Å²) in [5, 5.41) is 0. The van der Waals surface area contributed by atoms with Crippen LogP contribution in [0.5, 0.6) is 0 Å². The van der Waals surface area contributed by atoms with Crippen LogP contribution >= 0.6 is 0 Å². The first-order chi connectivity index (χ1) is 11.8. The topological polar surface area (TPSA) is 84.0 Å². The van der Waals surface area contributed by atoms with Gasteiger partial charge in [-0.3, -0.25) is 19.3 Å². The first-order valence-corrected chi connectivity index (χ1v) is 7.82. The van der Waals surface area contributed by atoms with Crippen molar-refractivity contribution >= 4 is 23.7 Å². The van der Waals surface area contributed by atoms with Crippen molar-refractivity contribution in [1.29, 1.82) is 0 Å². The number of imide groups is 1. The van der Waals surface area contributed by atoms with Crippen molar-refractivity contribution in [2.75, 3.05) is 26.7 Å². The van der Waals surface area contributed by atoms with Crippen molar-refractivity contribution in [3.63, 3.8) is 0 Å². The Morgan fingerprint density at radius 3 is 2.44 bits per heavy atom. The van der Waals surface area contributed by atoms with E-state index in [0.717, 1.165) is 10.5 Å². The summed E-state index contributed by atoms with van der Waals surface area (Å²) in [5.74, 6) is -1.93. The molecule has 1 aliphatic rings. The molecule has 2 rings (SSSR count). The van der Waals surface area contributed by atoms with Gasteiger partial charge < -0.3 is 9.64 Å². The Morgan fingerprint density at radius 1 is 1.20 bits per heavy atom.